The number of nitrogens with zero attached hydrogens (tertiary/aromatic N) is 1. The van der Waals surface area contributed by atoms with Gasteiger partial charge in [-0.15, -0.1) is 0 Å². The molecule has 0 saturated carbocycles. The summed E-state index contributed by atoms with van der Waals surface area (Å²) in [5, 5.41) is 2.11. The number of ether oxygens (including phenoxy) is 1. The van der Waals surface area contributed by atoms with Gasteiger partial charge in [0.2, 0.25) is 0 Å². The number of carbonyl (C=O) groups is 1. The molecular weight excluding hydrogens is 373 g/mol. The first-order valence-corrected chi connectivity index (χ1v) is 8.23. The van der Waals surface area contributed by atoms with Crippen LogP contribution >= 0.6 is 0 Å². The molecule has 1 aromatic heterocycles. The highest BCUT2D eigenvalue weighted by molar-refractivity contribution is 6.07. The quantitative estimate of drug-likeness (QED) is 0.471. The lowest BCUT2D eigenvalue weighted by Gasteiger charge is -2.12. The van der Waals surface area contributed by atoms with Crippen molar-refractivity contribution in [2.24, 2.45) is 10.7 Å². The molecule has 0 spiro atoms. The molecule has 6 nitrogen and oxygen atoms in total. The third-order valence-electron chi connectivity index (χ3n) is 4.03. The van der Waals surface area contributed by atoms with Crippen LogP contribution in [0.1, 0.15) is 21.6 Å². The van der Waals surface area contributed by atoms with Gasteiger partial charge < -0.3 is 15.5 Å². The van der Waals surface area contributed by atoms with E-state index in [9.17, 15) is 18.0 Å². The topological polar surface area (TPSA) is 92.5 Å². The van der Waals surface area contributed by atoms with Gasteiger partial charge in [-0.25, -0.2) is 0 Å². The first-order chi connectivity index (χ1) is 13.3. The number of H-pyrrole nitrogens is 1. The van der Waals surface area contributed by atoms with Crippen LogP contribution in [0, 0.1) is 0 Å². The Labute approximate surface area is 158 Å². The molecule has 1 amide bonds. The van der Waals surface area contributed by atoms with Crippen LogP contribution in [0.5, 0.6) is 5.75 Å². The summed E-state index contributed by atoms with van der Waals surface area (Å²) in [6, 6.07) is 12.5. The molecule has 4 N–H and O–H groups in total. The third-order valence-corrected chi connectivity index (χ3v) is 4.03. The van der Waals surface area contributed by atoms with E-state index in [2.05, 4.69) is 15.3 Å². The van der Waals surface area contributed by atoms with E-state index in [4.69, 9.17) is 10.5 Å². The van der Waals surface area contributed by atoms with Crippen molar-refractivity contribution in [3.63, 3.8) is 0 Å². The van der Waals surface area contributed by atoms with Gasteiger partial charge in [0.1, 0.15) is 18.1 Å². The van der Waals surface area contributed by atoms with Gasteiger partial charge in [0, 0.05) is 12.4 Å². The molecule has 0 unspecified atom stereocenters. The Morgan fingerprint density at radius 2 is 1.93 bits per heavy atom. The summed E-state index contributed by atoms with van der Waals surface area (Å²) >= 11 is 0. The summed E-state index contributed by atoms with van der Waals surface area (Å²) in [6.45, 7) is 0.164. The maximum absolute atomic E-state index is 13.4. The highest BCUT2D eigenvalue weighted by Gasteiger charge is 2.34. The summed E-state index contributed by atoms with van der Waals surface area (Å²) in [6.07, 6.45) is -4.59. The van der Waals surface area contributed by atoms with Crippen LogP contribution in [0.4, 0.5) is 13.2 Å². The normalized spacial score (nSPS) is 12.2. The molecule has 28 heavy (non-hydrogen) atoms. The van der Waals surface area contributed by atoms with Crippen LogP contribution in [-0.4, -0.2) is 23.9 Å². The fraction of sp³-hybridized carbons (Fsp3) is 0.158. The van der Waals surface area contributed by atoms with Crippen molar-refractivity contribution in [1.82, 2.24) is 10.3 Å². The van der Waals surface area contributed by atoms with E-state index in [0.29, 0.717) is 0 Å². The van der Waals surface area contributed by atoms with Crippen LogP contribution < -0.4 is 15.8 Å². The highest BCUT2D eigenvalue weighted by atomic mass is 19.4. The molecular formula is C19H17F3N4O2. The Morgan fingerprint density at radius 1 is 1.21 bits per heavy atom. The molecule has 3 rings (SSSR count). The molecule has 3 aromatic rings. The van der Waals surface area contributed by atoms with Gasteiger partial charge >= 0.3 is 6.18 Å². The molecule has 0 aliphatic heterocycles. The van der Waals surface area contributed by atoms with Gasteiger partial charge in [-0.05, 0) is 23.8 Å². The lowest BCUT2D eigenvalue weighted by atomic mass is 10.1. The Kier molecular flexibility index (Phi) is 5.25. The third kappa shape index (κ3) is 4.08. The predicted molar refractivity (Wildman–Crippen MR) is 99.1 cm³/mol. The number of rotatable bonds is 4. The number of nitrogens with one attached hydrogen (secondary N) is 2. The van der Waals surface area contributed by atoms with E-state index in [1.807, 2.05) is 30.3 Å². The van der Waals surface area contributed by atoms with Crippen molar-refractivity contribution in [3.8, 4) is 5.75 Å². The number of carbonyl (C=O) groups excluding carboxylic acids is 1. The lowest BCUT2D eigenvalue weighted by molar-refractivity contribution is -0.136. The van der Waals surface area contributed by atoms with Crippen molar-refractivity contribution in [2.45, 2.75) is 12.8 Å². The molecule has 0 fully saturated rings. The molecule has 146 valence electrons. The number of aromatic nitrogens is 1. The molecule has 1 heterocycles. The number of guanidine groups is 1. The molecule has 0 bridgehead atoms. The summed E-state index contributed by atoms with van der Waals surface area (Å²) < 4.78 is 45.8. The number of hydrogen-bond acceptors (Lipinski definition) is 3. The van der Waals surface area contributed by atoms with E-state index < -0.39 is 17.6 Å². The van der Waals surface area contributed by atoms with Gasteiger partial charge in [0.15, 0.2) is 5.96 Å². The SMILES string of the molecule is CN=C(N)NC(=O)c1cc2c(C(F)(F)F)ccc(OCc3ccccc3)c2[nH]1. The van der Waals surface area contributed by atoms with Gasteiger partial charge in [-0.3, -0.25) is 15.1 Å². The van der Waals surface area contributed by atoms with Crippen molar-refractivity contribution in [3.05, 3.63) is 65.4 Å². The predicted octanol–water partition coefficient (Wildman–Crippen LogP) is 3.44. The van der Waals surface area contributed by atoms with Crippen LogP contribution in [0.15, 0.2) is 53.5 Å². The fourth-order valence-corrected chi connectivity index (χ4v) is 2.66. The standard InChI is InChI=1S/C19H17F3N4O2/c1-24-18(23)26-17(27)14-9-12-13(19(20,21)22)7-8-15(16(12)25-14)28-10-11-5-3-2-4-6-11/h2-9,25H,10H2,1H3,(H3,23,24,26,27). The highest BCUT2D eigenvalue weighted by Crippen LogP contribution is 2.38. The zero-order valence-electron chi connectivity index (χ0n) is 14.8. The van der Waals surface area contributed by atoms with E-state index in [1.54, 1.807) is 0 Å². The van der Waals surface area contributed by atoms with Gasteiger partial charge in [-0.2, -0.15) is 13.2 Å². The molecule has 9 heteroatoms. The molecule has 2 aromatic carbocycles. The van der Waals surface area contributed by atoms with E-state index in [1.165, 1.54) is 13.1 Å². The molecule has 0 aliphatic rings. The van der Waals surface area contributed by atoms with Crippen LogP contribution in [0.2, 0.25) is 0 Å². The number of aromatic amines is 1. The Bertz CT molecular complexity index is 1030. The van der Waals surface area contributed by atoms with Crippen molar-refractivity contribution in [1.29, 1.82) is 0 Å². The summed E-state index contributed by atoms with van der Waals surface area (Å²) in [5.74, 6) is -0.662. The van der Waals surface area contributed by atoms with E-state index >= 15 is 0 Å². The zero-order chi connectivity index (χ0) is 20.3. The number of nitrogens with two attached hydrogens (primary N) is 1. The van der Waals surface area contributed by atoms with Gasteiger partial charge in [-0.1, -0.05) is 30.3 Å². The fourth-order valence-electron chi connectivity index (χ4n) is 2.66. The van der Waals surface area contributed by atoms with Crippen LogP contribution in [0.25, 0.3) is 10.9 Å². The van der Waals surface area contributed by atoms with Crippen LogP contribution in [-0.2, 0) is 12.8 Å². The minimum atomic E-state index is -4.59. The lowest BCUT2D eigenvalue weighted by Crippen LogP contribution is -2.36. The number of fused-ring (bicyclic) bond motifs is 1. The summed E-state index contributed by atoms with van der Waals surface area (Å²) in [4.78, 5) is 18.5. The average Bonchev–Trinajstić information content (AvgIpc) is 3.11. The smallest absolute Gasteiger partial charge is 0.417 e. The zero-order valence-corrected chi connectivity index (χ0v) is 14.8. The van der Waals surface area contributed by atoms with E-state index in [-0.39, 0.29) is 34.9 Å². The minimum absolute atomic E-state index is 0.0721. The second kappa shape index (κ2) is 7.63. The summed E-state index contributed by atoms with van der Waals surface area (Å²) in [7, 11) is 1.37. The Morgan fingerprint density at radius 3 is 2.57 bits per heavy atom. The molecule has 0 saturated heterocycles. The first kappa shape index (κ1) is 19.3. The average molecular weight is 390 g/mol. The van der Waals surface area contributed by atoms with Crippen molar-refractivity contribution < 1.29 is 22.7 Å². The Balaban J connectivity index is 2.01. The van der Waals surface area contributed by atoms with Gasteiger partial charge in [0.25, 0.3) is 5.91 Å². The first-order valence-electron chi connectivity index (χ1n) is 8.23. The Hall–Kier alpha value is -3.49. The van der Waals surface area contributed by atoms with Crippen molar-refractivity contribution >= 4 is 22.8 Å². The van der Waals surface area contributed by atoms with Gasteiger partial charge in [0.05, 0.1) is 11.1 Å². The van der Waals surface area contributed by atoms with Crippen LogP contribution in [0.3, 0.4) is 0 Å². The number of hydrogen-bond donors (Lipinski definition) is 3. The monoisotopic (exact) mass is 390 g/mol. The number of alkyl halides is 3. The molecule has 0 radical (unpaired) electrons. The number of benzene rings is 2. The van der Waals surface area contributed by atoms with E-state index in [0.717, 1.165) is 17.7 Å². The largest absolute Gasteiger partial charge is 0.487 e. The van der Waals surface area contributed by atoms with Crippen molar-refractivity contribution in [2.75, 3.05) is 7.05 Å². The second-order valence-corrected chi connectivity index (χ2v) is 5.92. The second-order valence-electron chi connectivity index (χ2n) is 5.92. The number of aliphatic imine (C=N–C) groups is 1. The number of amides is 1. The number of halogens is 3. The maximum atomic E-state index is 13.4. The molecule has 0 aliphatic carbocycles. The maximum Gasteiger partial charge on any atom is 0.417 e. The minimum Gasteiger partial charge on any atom is -0.487 e. The summed E-state index contributed by atoms with van der Waals surface area (Å²) in [5.41, 5.74) is 5.40. The molecule has 0 atom stereocenters.